The molecule has 0 aliphatic carbocycles. The number of aliphatic hydroxyl groups is 2. The summed E-state index contributed by atoms with van der Waals surface area (Å²) in [5.41, 5.74) is 3.16. The third kappa shape index (κ3) is 9.58. The Hall–Kier alpha value is -4.00. The molecule has 11 heteroatoms. The van der Waals surface area contributed by atoms with Crippen LogP contribution in [0.25, 0.3) is 0 Å². The normalized spacial score (nSPS) is 13.7. The van der Waals surface area contributed by atoms with Crippen molar-refractivity contribution in [1.82, 2.24) is 14.9 Å². The lowest BCUT2D eigenvalue weighted by Gasteiger charge is -2.32. The minimum absolute atomic E-state index is 0.102. The van der Waals surface area contributed by atoms with Crippen molar-refractivity contribution in [3.63, 3.8) is 0 Å². The first-order valence-electron chi connectivity index (χ1n) is 16.3. The Morgan fingerprint density at radius 3 is 1.94 bits per heavy atom. The molecule has 1 aromatic heterocycles. The molecule has 3 aromatic carbocycles. The second-order valence-electron chi connectivity index (χ2n) is 12.3. The molecule has 9 nitrogen and oxygen atoms in total. The second kappa shape index (κ2) is 17.6. The number of hydrogen-bond acceptors (Lipinski definition) is 8. The van der Waals surface area contributed by atoms with E-state index in [1.165, 1.54) is 34.9 Å². The quantitative estimate of drug-likeness (QED) is 0.0959. The minimum Gasteiger partial charge on any atom is -0.453 e. The molecule has 1 amide bonds. The topological polar surface area (TPSA) is 128 Å². The molecule has 262 valence electrons. The van der Waals surface area contributed by atoms with Gasteiger partial charge in [-0.15, -0.1) is 11.3 Å². The molecule has 4 rings (SSSR count). The van der Waals surface area contributed by atoms with E-state index in [0.717, 1.165) is 16.0 Å². The fraction of sp³-hybridized carbons (Fsp3) is 0.342. The number of carbonyl (C=O) groups is 1. The zero-order valence-electron chi connectivity index (χ0n) is 28.5. The number of alkyl carbamates (subject to hydrolysis) is 1. The van der Waals surface area contributed by atoms with Gasteiger partial charge in [-0.05, 0) is 60.2 Å². The predicted octanol–water partition coefficient (Wildman–Crippen LogP) is 6.73. The SMILES string of the molecule is C=C(NC(C)c1ccc(C(CO)N(CCC(C)C)S(=O)(=O)c2ccc(CO)cc2)s1)[C@@H](NC(=O)OC)C(c1ccccc1)c1ccccc1. The van der Waals surface area contributed by atoms with Crippen LogP contribution < -0.4 is 10.6 Å². The Labute approximate surface area is 294 Å². The van der Waals surface area contributed by atoms with E-state index in [-0.39, 0.29) is 35.9 Å². The van der Waals surface area contributed by atoms with Crippen molar-refractivity contribution in [2.75, 3.05) is 20.3 Å². The van der Waals surface area contributed by atoms with Crippen molar-refractivity contribution in [1.29, 1.82) is 0 Å². The number of hydrogen-bond donors (Lipinski definition) is 4. The van der Waals surface area contributed by atoms with Crippen molar-refractivity contribution in [2.45, 2.75) is 62.7 Å². The van der Waals surface area contributed by atoms with E-state index >= 15 is 0 Å². The number of amides is 1. The molecule has 0 saturated carbocycles. The molecule has 0 spiro atoms. The summed E-state index contributed by atoms with van der Waals surface area (Å²) >= 11 is 1.41. The number of nitrogens with zero attached hydrogens (tertiary/aromatic N) is 1. The average Bonchev–Trinajstić information content (AvgIpc) is 3.60. The van der Waals surface area contributed by atoms with E-state index in [9.17, 15) is 23.4 Å². The van der Waals surface area contributed by atoms with Crippen LogP contribution in [0.5, 0.6) is 0 Å². The lowest BCUT2D eigenvalue weighted by Crippen LogP contribution is -2.44. The van der Waals surface area contributed by atoms with Gasteiger partial charge in [0.15, 0.2) is 0 Å². The first-order chi connectivity index (χ1) is 23.5. The Kier molecular flexibility index (Phi) is 13.6. The van der Waals surface area contributed by atoms with Crippen LogP contribution in [0, 0.1) is 5.92 Å². The zero-order valence-corrected chi connectivity index (χ0v) is 30.1. The molecule has 1 heterocycles. The van der Waals surface area contributed by atoms with Crippen molar-refractivity contribution < 1.29 is 28.2 Å². The highest BCUT2D eigenvalue weighted by molar-refractivity contribution is 7.89. The summed E-state index contributed by atoms with van der Waals surface area (Å²) in [7, 11) is -2.66. The number of thiophene rings is 1. The summed E-state index contributed by atoms with van der Waals surface area (Å²) in [6.45, 7) is 10.0. The predicted molar refractivity (Wildman–Crippen MR) is 195 cm³/mol. The van der Waals surface area contributed by atoms with Gasteiger partial charge in [0.1, 0.15) is 0 Å². The van der Waals surface area contributed by atoms with Crippen LogP contribution >= 0.6 is 11.3 Å². The third-order valence-corrected chi connectivity index (χ3v) is 11.7. The van der Waals surface area contributed by atoms with Crippen LogP contribution in [0.15, 0.2) is 114 Å². The number of rotatable bonds is 17. The monoisotopic (exact) mass is 705 g/mol. The van der Waals surface area contributed by atoms with E-state index in [0.29, 0.717) is 22.6 Å². The van der Waals surface area contributed by atoms with Crippen molar-refractivity contribution in [2.24, 2.45) is 5.92 Å². The van der Waals surface area contributed by atoms with E-state index in [1.54, 1.807) is 12.1 Å². The Morgan fingerprint density at radius 2 is 1.43 bits per heavy atom. The van der Waals surface area contributed by atoms with Crippen molar-refractivity contribution in [3.8, 4) is 0 Å². The number of aliphatic hydroxyl groups excluding tert-OH is 2. The minimum atomic E-state index is -3.98. The fourth-order valence-corrected chi connectivity index (χ4v) is 8.53. The van der Waals surface area contributed by atoms with E-state index < -0.39 is 34.8 Å². The van der Waals surface area contributed by atoms with Gasteiger partial charge in [-0.2, -0.15) is 4.31 Å². The number of benzene rings is 3. The molecule has 4 aromatic rings. The number of nitrogens with one attached hydrogen (secondary N) is 2. The van der Waals surface area contributed by atoms with E-state index in [2.05, 4.69) is 17.2 Å². The molecular weight excluding hydrogens is 659 g/mol. The molecule has 2 unspecified atom stereocenters. The maximum Gasteiger partial charge on any atom is 0.407 e. The first kappa shape index (κ1) is 37.8. The maximum atomic E-state index is 14.0. The van der Waals surface area contributed by atoms with Gasteiger partial charge in [0.25, 0.3) is 0 Å². The van der Waals surface area contributed by atoms with Crippen LogP contribution in [0.1, 0.15) is 71.6 Å². The average molecular weight is 706 g/mol. The van der Waals surface area contributed by atoms with Crippen molar-refractivity contribution >= 4 is 27.5 Å². The van der Waals surface area contributed by atoms with Crippen LogP contribution in [0.3, 0.4) is 0 Å². The van der Waals surface area contributed by atoms with Gasteiger partial charge < -0.3 is 25.6 Å². The third-order valence-electron chi connectivity index (χ3n) is 8.45. The molecule has 0 fully saturated rings. The number of ether oxygens (including phenoxy) is 1. The van der Waals surface area contributed by atoms with Crippen LogP contribution in [0.4, 0.5) is 4.79 Å². The first-order valence-corrected chi connectivity index (χ1v) is 18.6. The van der Waals surface area contributed by atoms with Crippen LogP contribution in [-0.4, -0.2) is 55.3 Å². The van der Waals surface area contributed by atoms with Crippen LogP contribution in [0.2, 0.25) is 0 Å². The highest BCUT2D eigenvalue weighted by Gasteiger charge is 2.34. The van der Waals surface area contributed by atoms with Gasteiger partial charge in [-0.1, -0.05) is 93.2 Å². The summed E-state index contributed by atoms with van der Waals surface area (Å²) in [6.07, 6.45) is 0.0225. The van der Waals surface area contributed by atoms with E-state index in [4.69, 9.17) is 4.74 Å². The summed E-state index contributed by atoms with van der Waals surface area (Å²) in [5, 5.41) is 26.6. The molecule has 0 aliphatic heterocycles. The van der Waals surface area contributed by atoms with Gasteiger partial charge >= 0.3 is 6.09 Å². The number of sulfonamides is 1. The highest BCUT2D eigenvalue weighted by Crippen LogP contribution is 2.36. The lowest BCUT2D eigenvalue weighted by molar-refractivity contribution is 0.166. The Morgan fingerprint density at radius 1 is 0.857 bits per heavy atom. The van der Waals surface area contributed by atoms with Crippen molar-refractivity contribution in [3.05, 3.63) is 136 Å². The standard InChI is InChI=1S/C38H47N3O6S2/c1-26(2)22-23-41(49(45,46)32-18-16-29(24-42)17-19-32)33(25-43)35-21-20-34(48-35)27(3)39-28(4)37(40-38(44)47-5)36(30-12-8-6-9-13-30)31-14-10-7-11-15-31/h6-21,26-27,33,36-37,39,42-43H,4,22-25H2,1-3,5H3,(H,40,44)/t27?,33?,37-/m1/s1. The van der Waals surface area contributed by atoms with Gasteiger partial charge in [0, 0.05) is 27.9 Å². The Bertz CT molecular complexity index is 1710. The number of carbonyl (C=O) groups excluding carboxylic acids is 1. The van der Waals surface area contributed by atoms with Crippen LogP contribution in [-0.2, 0) is 21.4 Å². The van der Waals surface area contributed by atoms with Gasteiger partial charge in [-0.3, -0.25) is 0 Å². The molecule has 0 saturated heterocycles. The van der Waals surface area contributed by atoms with Gasteiger partial charge in [-0.25, -0.2) is 13.2 Å². The van der Waals surface area contributed by atoms with E-state index in [1.807, 2.05) is 93.6 Å². The second-order valence-corrected chi connectivity index (χ2v) is 15.4. The molecule has 0 aliphatic rings. The van der Waals surface area contributed by atoms with Gasteiger partial charge in [0.2, 0.25) is 10.0 Å². The van der Waals surface area contributed by atoms with Gasteiger partial charge in [0.05, 0.1) is 43.3 Å². The largest absolute Gasteiger partial charge is 0.453 e. The molecule has 49 heavy (non-hydrogen) atoms. The maximum absolute atomic E-state index is 14.0. The highest BCUT2D eigenvalue weighted by atomic mass is 32.2. The summed E-state index contributed by atoms with van der Waals surface area (Å²) in [5.74, 6) is -0.0392. The lowest BCUT2D eigenvalue weighted by atomic mass is 9.83. The molecule has 4 N–H and O–H groups in total. The zero-order chi connectivity index (χ0) is 35.6. The Balaban J connectivity index is 1.63. The summed E-state index contributed by atoms with van der Waals surface area (Å²) in [6, 6.07) is 28.1. The molecule has 0 bridgehead atoms. The fourth-order valence-electron chi connectivity index (χ4n) is 5.73. The number of methoxy groups -OCH3 is 1. The summed E-state index contributed by atoms with van der Waals surface area (Å²) in [4.78, 5) is 14.3. The smallest absolute Gasteiger partial charge is 0.407 e. The summed E-state index contributed by atoms with van der Waals surface area (Å²) < 4.78 is 34.3. The molecule has 3 atom stereocenters. The molecular formula is C38H47N3O6S2. The molecule has 0 radical (unpaired) electrons.